The van der Waals surface area contributed by atoms with E-state index in [1.54, 1.807) is 0 Å². The zero-order valence-corrected chi connectivity index (χ0v) is 32.8. The number of rotatable bonds is 8. The van der Waals surface area contributed by atoms with Crippen LogP contribution in [0.3, 0.4) is 0 Å². The van der Waals surface area contributed by atoms with Crippen LogP contribution in [-0.2, 0) is 6.54 Å². The molecule has 11 aromatic rings. The molecule has 0 aliphatic rings. The van der Waals surface area contributed by atoms with Gasteiger partial charge in [-0.25, -0.2) is 0 Å². The number of nitrogens with two attached hydrogens (primary N) is 1. The lowest BCUT2D eigenvalue weighted by Gasteiger charge is -2.14. The largest absolute Gasteiger partial charge is 0.456 e. The van der Waals surface area contributed by atoms with Crippen molar-refractivity contribution in [3.8, 4) is 50.2 Å². The normalized spacial score (nSPS) is 11.9. The Morgan fingerprint density at radius 2 is 0.933 bits per heavy atom. The van der Waals surface area contributed by atoms with Crippen molar-refractivity contribution in [2.45, 2.75) is 6.54 Å². The summed E-state index contributed by atoms with van der Waals surface area (Å²) in [6.45, 7) is 0.492. The Hall–Kier alpha value is -7.95. The fourth-order valence-corrected chi connectivity index (χ4v) is 8.63. The highest BCUT2D eigenvalue weighted by Crippen LogP contribution is 2.39. The van der Waals surface area contributed by atoms with Crippen LogP contribution < -0.4 is 5.73 Å². The molecular weight excluding hydrogens is 731 g/mol. The smallest absolute Gasteiger partial charge is 0.135 e. The third kappa shape index (κ3) is 6.41. The van der Waals surface area contributed by atoms with Gasteiger partial charge in [-0.2, -0.15) is 0 Å². The van der Waals surface area contributed by atoms with E-state index in [0.29, 0.717) is 12.4 Å². The summed E-state index contributed by atoms with van der Waals surface area (Å²) in [6.07, 6.45) is 0. The van der Waals surface area contributed by atoms with Crippen LogP contribution in [0.25, 0.3) is 93.9 Å². The average Bonchev–Trinajstić information content (AvgIpc) is 3.86. The standard InChI is InChI=1S/C56H39N3O/c57-56(58-36-37-13-12-20-41(29-37)38-14-4-1-5-15-38)44-25-28-55-51(35-44)50-34-43(24-27-54(50)60-55)42-23-26-53-49(33-42)48-21-10-11-22-52(48)59(53)47-31-45(39-16-6-2-7-17-39)30-46(32-47)40-18-8-3-9-19-40/h1-35H,36H2,(H2,57,58). The highest BCUT2D eigenvalue weighted by molar-refractivity contribution is 6.12. The van der Waals surface area contributed by atoms with E-state index in [4.69, 9.17) is 15.1 Å². The van der Waals surface area contributed by atoms with Gasteiger partial charge in [0.25, 0.3) is 0 Å². The van der Waals surface area contributed by atoms with Crippen molar-refractivity contribution in [1.82, 2.24) is 4.57 Å². The van der Waals surface area contributed by atoms with Crippen molar-refractivity contribution >= 4 is 49.6 Å². The zero-order chi connectivity index (χ0) is 40.0. The number of amidine groups is 1. The number of hydrogen-bond donors (Lipinski definition) is 1. The second-order valence-electron chi connectivity index (χ2n) is 15.4. The van der Waals surface area contributed by atoms with E-state index in [-0.39, 0.29) is 0 Å². The molecule has 284 valence electrons. The van der Waals surface area contributed by atoms with Crippen LogP contribution in [0.4, 0.5) is 0 Å². The van der Waals surface area contributed by atoms with Crippen molar-refractivity contribution < 1.29 is 4.42 Å². The minimum absolute atomic E-state index is 0.492. The maximum absolute atomic E-state index is 6.65. The molecule has 0 atom stereocenters. The highest BCUT2D eigenvalue weighted by atomic mass is 16.3. The predicted molar refractivity (Wildman–Crippen MR) is 251 cm³/mol. The molecule has 0 aliphatic carbocycles. The number of furan rings is 1. The first-order chi connectivity index (χ1) is 29.6. The summed E-state index contributed by atoms with van der Waals surface area (Å²) in [7, 11) is 0. The molecule has 2 aromatic heterocycles. The Morgan fingerprint density at radius 3 is 1.63 bits per heavy atom. The van der Waals surface area contributed by atoms with Crippen LogP contribution in [-0.4, -0.2) is 10.4 Å². The minimum atomic E-state index is 0.492. The Balaban J connectivity index is 0.971. The van der Waals surface area contributed by atoms with Gasteiger partial charge in [0.05, 0.1) is 17.6 Å². The van der Waals surface area contributed by atoms with Crippen LogP contribution >= 0.6 is 0 Å². The molecule has 2 N–H and O–H groups in total. The van der Waals surface area contributed by atoms with Gasteiger partial charge in [0.1, 0.15) is 17.0 Å². The molecule has 0 bridgehead atoms. The lowest BCUT2D eigenvalue weighted by atomic mass is 9.98. The topological polar surface area (TPSA) is 56.4 Å². The van der Waals surface area contributed by atoms with Gasteiger partial charge in [0.15, 0.2) is 0 Å². The summed E-state index contributed by atoms with van der Waals surface area (Å²) in [6, 6.07) is 75.2. The number of para-hydroxylation sites is 1. The average molecular weight is 770 g/mol. The third-order valence-corrected chi connectivity index (χ3v) is 11.6. The van der Waals surface area contributed by atoms with Crippen LogP contribution in [0.2, 0.25) is 0 Å². The number of aliphatic imine (C=N–C) groups is 1. The zero-order valence-electron chi connectivity index (χ0n) is 32.8. The van der Waals surface area contributed by atoms with Gasteiger partial charge >= 0.3 is 0 Å². The molecule has 0 fully saturated rings. The van der Waals surface area contributed by atoms with E-state index in [1.165, 1.54) is 49.7 Å². The maximum Gasteiger partial charge on any atom is 0.135 e. The second-order valence-corrected chi connectivity index (χ2v) is 15.4. The van der Waals surface area contributed by atoms with Gasteiger partial charge in [-0.1, -0.05) is 140 Å². The first kappa shape index (κ1) is 35.2. The van der Waals surface area contributed by atoms with Gasteiger partial charge in [-0.05, 0) is 123 Å². The number of benzene rings is 9. The minimum Gasteiger partial charge on any atom is -0.456 e. The Kier molecular flexibility index (Phi) is 8.67. The van der Waals surface area contributed by atoms with E-state index >= 15 is 0 Å². The summed E-state index contributed by atoms with van der Waals surface area (Å²) >= 11 is 0. The summed E-state index contributed by atoms with van der Waals surface area (Å²) in [5, 5.41) is 4.47. The van der Waals surface area contributed by atoms with Crippen LogP contribution in [0.1, 0.15) is 11.1 Å². The third-order valence-electron chi connectivity index (χ3n) is 11.6. The molecule has 4 heteroatoms. The van der Waals surface area contributed by atoms with Crippen LogP contribution in [0.15, 0.2) is 222 Å². The molecule has 0 spiro atoms. The second kappa shape index (κ2) is 14.8. The Morgan fingerprint density at radius 1 is 0.400 bits per heavy atom. The molecule has 60 heavy (non-hydrogen) atoms. The van der Waals surface area contributed by atoms with Gasteiger partial charge in [0, 0.05) is 32.8 Å². The molecule has 0 unspecified atom stereocenters. The summed E-state index contributed by atoms with van der Waals surface area (Å²) < 4.78 is 8.75. The molecule has 4 nitrogen and oxygen atoms in total. The first-order valence-corrected chi connectivity index (χ1v) is 20.3. The Bertz CT molecular complexity index is 3340. The summed E-state index contributed by atoms with van der Waals surface area (Å²) in [5.74, 6) is 0.500. The van der Waals surface area contributed by atoms with Crippen molar-refractivity contribution in [3.05, 3.63) is 223 Å². The number of aromatic nitrogens is 1. The summed E-state index contributed by atoms with van der Waals surface area (Å²) in [4.78, 5) is 4.82. The number of hydrogen-bond acceptors (Lipinski definition) is 2. The monoisotopic (exact) mass is 769 g/mol. The lowest BCUT2D eigenvalue weighted by molar-refractivity contribution is 0.669. The van der Waals surface area contributed by atoms with Crippen molar-refractivity contribution in [1.29, 1.82) is 0 Å². The molecule has 0 radical (unpaired) electrons. The van der Waals surface area contributed by atoms with Crippen molar-refractivity contribution in [2.24, 2.45) is 10.7 Å². The predicted octanol–water partition coefficient (Wildman–Crippen LogP) is 14.3. The van der Waals surface area contributed by atoms with Gasteiger partial charge in [0.2, 0.25) is 0 Å². The number of fused-ring (bicyclic) bond motifs is 6. The van der Waals surface area contributed by atoms with Crippen LogP contribution in [0, 0.1) is 0 Å². The van der Waals surface area contributed by atoms with E-state index in [9.17, 15) is 0 Å². The fraction of sp³-hybridized carbons (Fsp3) is 0.0179. The molecule has 2 heterocycles. The van der Waals surface area contributed by atoms with Crippen molar-refractivity contribution in [2.75, 3.05) is 0 Å². The summed E-state index contributed by atoms with van der Waals surface area (Å²) in [5.41, 5.74) is 23.1. The quantitative estimate of drug-likeness (QED) is 0.124. The maximum atomic E-state index is 6.65. The van der Waals surface area contributed by atoms with E-state index < -0.39 is 0 Å². The van der Waals surface area contributed by atoms with Gasteiger partial charge in [-0.3, -0.25) is 4.99 Å². The van der Waals surface area contributed by atoms with E-state index in [2.05, 4.69) is 199 Å². The molecule has 11 rings (SSSR count). The highest BCUT2D eigenvalue weighted by Gasteiger charge is 2.17. The fourth-order valence-electron chi connectivity index (χ4n) is 8.63. The molecule has 9 aromatic carbocycles. The van der Waals surface area contributed by atoms with E-state index in [1.807, 2.05) is 18.2 Å². The van der Waals surface area contributed by atoms with Gasteiger partial charge < -0.3 is 14.7 Å². The lowest BCUT2D eigenvalue weighted by Crippen LogP contribution is -2.13. The molecule has 0 amide bonds. The van der Waals surface area contributed by atoms with Crippen LogP contribution in [0.5, 0.6) is 0 Å². The Labute approximate surface area is 348 Å². The molecule has 0 saturated heterocycles. The molecular formula is C56H39N3O. The molecule has 0 aliphatic heterocycles. The SMILES string of the molecule is NC(=NCc1cccc(-c2ccccc2)c1)c1ccc2oc3ccc(-c4ccc5c(c4)c4ccccc4n5-c4cc(-c5ccccc5)cc(-c5ccccc5)c4)cc3c2c1. The molecule has 0 saturated carbocycles. The van der Waals surface area contributed by atoms with Crippen molar-refractivity contribution in [3.63, 3.8) is 0 Å². The number of nitrogens with zero attached hydrogens (tertiary/aromatic N) is 2. The first-order valence-electron chi connectivity index (χ1n) is 20.3. The van der Waals surface area contributed by atoms with Gasteiger partial charge in [-0.15, -0.1) is 0 Å². The van der Waals surface area contributed by atoms with E-state index in [0.717, 1.165) is 55.4 Å².